The zero-order chi connectivity index (χ0) is 14.8. The van der Waals surface area contributed by atoms with Crippen molar-refractivity contribution in [1.29, 1.82) is 0 Å². The Hall–Kier alpha value is -1.39. The zero-order valence-electron chi connectivity index (χ0n) is 13.0. The van der Waals surface area contributed by atoms with Crippen LogP contribution in [-0.4, -0.2) is 43.0 Å². The molecule has 0 aliphatic carbocycles. The van der Waals surface area contributed by atoms with E-state index in [2.05, 4.69) is 15.5 Å². The number of nitrogens with zero attached hydrogens (tertiary/aromatic N) is 1. The molecular formula is C17H25N3O. The Morgan fingerprint density at radius 2 is 2.10 bits per heavy atom. The minimum Gasteiger partial charge on any atom is -0.324 e. The van der Waals surface area contributed by atoms with Crippen LogP contribution in [0.2, 0.25) is 0 Å². The van der Waals surface area contributed by atoms with Crippen molar-refractivity contribution in [2.24, 2.45) is 5.92 Å². The number of aryl methyl sites for hydroxylation is 2. The van der Waals surface area contributed by atoms with Gasteiger partial charge >= 0.3 is 0 Å². The van der Waals surface area contributed by atoms with Crippen molar-refractivity contribution in [3.05, 3.63) is 29.3 Å². The van der Waals surface area contributed by atoms with E-state index < -0.39 is 0 Å². The zero-order valence-corrected chi connectivity index (χ0v) is 13.0. The first-order chi connectivity index (χ1) is 10.1. The van der Waals surface area contributed by atoms with Gasteiger partial charge < -0.3 is 10.6 Å². The summed E-state index contributed by atoms with van der Waals surface area (Å²) in [6, 6.07) is 6.66. The molecule has 1 aromatic carbocycles. The first-order valence-corrected chi connectivity index (χ1v) is 7.96. The number of anilines is 1. The van der Waals surface area contributed by atoms with Crippen LogP contribution in [0.3, 0.4) is 0 Å². The molecule has 2 unspecified atom stereocenters. The van der Waals surface area contributed by atoms with Gasteiger partial charge in [-0.15, -0.1) is 0 Å². The van der Waals surface area contributed by atoms with E-state index in [1.807, 2.05) is 32.0 Å². The van der Waals surface area contributed by atoms with E-state index >= 15 is 0 Å². The standard InChI is InChI=1S/C17H25N3O/c1-12-5-3-6-13(2)17(12)19-16(21)11-20-8-4-7-14-9-18-10-15(14)20/h3,5-6,14-15,18H,4,7-11H2,1-2H3,(H,19,21). The Labute approximate surface area is 126 Å². The predicted octanol–water partition coefficient (Wildman–Crippen LogP) is 1.93. The first kappa shape index (κ1) is 14.5. The molecule has 3 rings (SSSR count). The van der Waals surface area contributed by atoms with Gasteiger partial charge in [0.1, 0.15) is 0 Å². The smallest absolute Gasteiger partial charge is 0.238 e. The fourth-order valence-corrected chi connectivity index (χ4v) is 3.73. The number of carbonyl (C=O) groups is 1. The molecule has 2 aliphatic rings. The Kier molecular flexibility index (Phi) is 4.27. The van der Waals surface area contributed by atoms with Gasteiger partial charge in [0.05, 0.1) is 6.54 Å². The summed E-state index contributed by atoms with van der Waals surface area (Å²) in [5.74, 6) is 0.840. The molecule has 0 saturated carbocycles. The third-order valence-corrected chi connectivity index (χ3v) is 4.89. The molecule has 4 heteroatoms. The number of rotatable bonds is 3. The molecule has 114 valence electrons. The third-order valence-electron chi connectivity index (χ3n) is 4.89. The summed E-state index contributed by atoms with van der Waals surface area (Å²) < 4.78 is 0. The molecule has 0 spiro atoms. The number of likely N-dealkylation sites (tertiary alicyclic amines) is 1. The molecule has 2 saturated heterocycles. The van der Waals surface area contributed by atoms with Gasteiger partial charge in [0.2, 0.25) is 5.91 Å². The Balaban J connectivity index is 1.64. The summed E-state index contributed by atoms with van der Waals surface area (Å²) in [4.78, 5) is 14.8. The highest BCUT2D eigenvalue weighted by Gasteiger charge is 2.35. The minimum atomic E-state index is 0.111. The van der Waals surface area contributed by atoms with Crippen molar-refractivity contribution in [1.82, 2.24) is 10.2 Å². The number of hydrogen-bond acceptors (Lipinski definition) is 3. The van der Waals surface area contributed by atoms with E-state index in [0.29, 0.717) is 12.6 Å². The van der Waals surface area contributed by atoms with Crippen LogP contribution in [0.25, 0.3) is 0 Å². The minimum absolute atomic E-state index is 0.111. The van der Waals surface area contributed by atoms with E-state index in [1.54, 1.807) is 0 Å². The van der Waals surface area contributed by atoms with Gasteiger partial charge in [-0.05, 0) is 56.8 Å². The summed E-state index contributed by atoms with van der Waals surface area (Å²) in [6.07, 6.45) is 2.51. The quantitative estimate of drug-likeness (QED) is 0.893. The molecule has 2 atom stereocenters. The SMILES string of the molecule is Cc1cccc(C)c1NC(=O)CN1CCCC2CNCC21. The van der Waals surface area contributed by atoms with E-state index in [0.717, 1.165) is 42.4 Å². The van der Waals surface area contributed by atoms with Crippen molar-refractivity contribution < 1.29 is 4.79 Å². The molecule has 1 amide bonds. The number of carbonyl (C=O) groups excluding carboxylic acids is 1. The Bertz CT molecular complexity index is 509. The lowest BCUT2D eigenvalue weighted by atomic mass is 9.92. The van der Waals surface area contributed by atoms with Gasteiger partial charge in [-0.2, -0.15) is 0 Å². The largest absolute Gasteiger partial charge is 0.324 e. The van der Waals surface area contributed by atoms with Gasteiger partial charge in [-0.3, -0.25) is 9.69 Å². The maximum Gasteiger partial charge on any atom is 0.238 e. The highest BCUT2D eigenvalue weighted by atomic mass is 16.2. The molecular weight excluding hydrogens is 262 g/mol. The van der Waals surface area contributed by atoms with Crippen molar-refractivity contribution in [2.75, 3.05) is 31.5 Å². The van der Waals surface area contributed by atoms with E-state index in [1.165, 1.54) is 12.8 Å². The lowest BCUT2D eigenvalue weighted by molar-refractivity contribution is -0.118. The second kappa shape index (κ2) is 6.16. The molecule has 2 heterocycles. The highest BCUT2D eigenvalue weighted by molar-refractivity contribution is 5.93. The lowest BCUT2D eigenvalue weighted by Crippen LogP contribution is -2.48. The molecule has 2 N–H and O–H groups in total. The van der Waals surface area contributed by atoms with Gasteiger partial charge in [-0.25, -0.2) is 0 Å². The number of amides is 1. The van der Waals surface area contributed by atoms with Crippen LogP contribution >= 0.6 is 0 Å². The van der Waals surface area contributed by atoms with Gasteiger partial charge in [0.15, 0.2) is 0 Å². The summed E-state index contributed by atoms with van der Waals surface area (Å²) in [6.45, 7) is 7.78. The Morgan fingerprint density at radius 1 is 1.33 bits per heavy atom. The average molecular weight is 287 g/mol. The Morgan fingerprint density at radius 3 is 2.86 bits per heavy atom. The summed E-state index contributed by atoms with van der Waals surface area (Å²) in [5.41, 5.74) is 3.23. The van der Waals surface area contributed by atoms with Crippen LogP contribution in [0.15, 0.2) is 18.2 Å². The molecule has 0 radical (unpaired) electrons. The molecule has 2 fully saturated rings. The van der Waals surface area contributed by atoms with Crippen LogP contribution in [-0.2, 0) is 4.79 Å². The van der Waals surface area contributed by atoms with Gasteiger partial charge in [0.25, 0.3) is 0 Å². The summed E-state index contributed by atoms with van der Waals surface area (Å²) in [5, 5.41) is 6.57. The van der Waals surface area contributed by atoms with Crippen LogP contribution in [0, 0.1) is 19.8 Å². The molecule has 4 nitrogen and oxygen atoms in total. The van der Waals surface area contributed by atoms with Crippen LogP contribution < -0.4 is 10.6 Å². The first-order valence-electron chi connectivity index (χ1n) is 7.96. The molecule has 21 heavy (non-hydrogen) atoms. The third kappa shape index (κ3) is 3.11. The second-order valence-corrected chi connectivity index (χ2v) is 6.41. The van der Waals surface area contributed by atoms with Crippen molar-refractivity contribution >= 4 is 11.6 Å². The van der Waals surface area contributed by atoms with Crippen molar-refractivity contribution in [2.45, 2.75) is 32.7 Å². The normalized spacial score (nSPS) is 25.6. The fraction of sp³-hybridized carbons (Fsp3) is 0.588. The molecule has 2 aliphatic heterocycles. The fourth-order valence-electron chi connectivity index (χ4n) is 3.73. The number of hydrogen-bond donors (Lipinski definition) is 2. The van der Waals surface area contributed by atoms with Crippen molar-refractivity contribution in [3.8, 4) is 0 Å². The van der Waals surface area contributed by atoms with Gasteiger partial charge in [0, 0.05) is 18.3 Å². The molecule has 1 aromatic rings. The van der Waals surface area contributed by atoms with Crippen LogP contribution in [0.1, 0.15) is 24.0 Å². The number of benzene rings is 1. The van der Waals surface area contributed by atoms with Crippen LogP contribution in [0.4, 0.5) is 5.69 Å². The highest BCUT2D eigenvalue weighted by Crippen LogP contribution is 2.26. The molecule has 0 bridgehead atoms. The van der Waals surface area contributed by atoms with E-state index in [4.69, 9.17) is 0 Å². The maximum atomic E-state index is 12.4. The van der Waals surface area contributed by atoms with Gasteiger partial charge in [-0.1, -0.05) is 18.2 Å². The maximum absolute atomic E-state index is 12.4. The second-order valence-electron chi connectivity index (χ2n) is 6.41. The van der Waals surface area contributed by atoms with Crippen molar-refractivity contribution in [3.63, 3.8) is 0 Å². The monoisotopic (exact) mass is 287 g/mol. The summed E-state index contributed by atoms with van der Waals surface area (Å²) in [7, 11) is 0. The predicted molar refractivity (Wildman–Crippen MR) is 85.5 cm³/mol. The number of piperidine rings is 1. The van der Waals surface area contributed by atoms with E-state index in [-0.39, 0.29) is 5.91 Å². The number of para-hydroxylation sites is 1. The molecule has 0 aromatic heterocycles. The van der Waals surface area contributed by atoms with E-state index in [9.17, 15) is 4.79 Å². The number of nitrogens with one attached hydrogen (secondary N) is 2. The lowest BCUT2D eigenvalue weighted by Gasteiger charge is -2.36. The van der Waals surface area contributed by atoms with Crippen LogP contribution in [0.5, 0.6) is 0 Å². The number of fused-ring (bicyclic) bond motifs is 1. The summed E-state index contributed by atoms with van der Waals surface area (Å²) >= 11 is 0. The average Bonchev–Trinajstić information content (AvgIpc) is 2.93. The topological polar surface area (TPSA) is 44.4 Å².